The molecule has 0 aliphatic rings. The van der Waals surface area contributed by atoms with Gasteiger partial charge in [0.2, 0.25) is 0 Å². The molecule has 0 fully saturated rings. The summed E-state index contributed by atoms with van der Waals surface area (Å²) in [6.45, 7) is 4.20. The normalized spacial score (nSPS) is 15.8. The van der Waals surface area contributed by atoms with Gasteiger partial charge in [-0.2, -0.15) is 0 Å². The van der Waals surface area contributed by atoms with Gasteiger partial charge in [-0.15, -0.1) is 0 Å². The van der Waals surface area contributed by atoms with Crippen LogP contribution in [0.15, 0.2) is 84.3 Å². The number of hydrogen-bond acceptors (Lipinski definition) is 6. The van der Waals surface area contributed by atoms with Crippen LogP contribution >= 0.6 is 0 Å². The van der Waals surface area contributed by atoms with E-state index in [1.807, 2.05) is 48.5 Å². The molecule has 0 aromatic heterocycles. The smallest absolute Gasteiger partial charge is 0.139 e. The van der Waals surface area contributed by atoms with Crippen LogP contribution in [-0.2, 0) is 12.8 Å². The van der Waals surface area contributed by atoms with E-state index in [0.717, 1.165) is 47.2 Å². The zero-order valence-electron chi connectivity index (χ0n) is 22.9. The fourth-order valence-corrected chi connectivity index (χ4v) is 5.24. The lowest BCUT2D eigenvalue weighted by Gasteiger charge is -2.26. The summed E-state index contributed by atoms with van der Waals surface area (Å²) < 4.78 is 0. The molecule has 4 aromatic carbocycles. The van der Waals surface area contributed by atoms with Gasteiger partial charge in [0.05, 0.1) is 0 Å². The van der Waals surface area contributed by atoms with Crippen LogP contribution in [0.5, 0.6) is 0 Å². The Labute approximate surface area is 234 Å². The van der Waals surface area contributed by atoms with Crippen LogP contribution in [0.1, 0.15) is 48.9 Å². The van der Waals surface area contributed by atoms with Crippen molar-refractivity contribution in [2.24, 2.45) is 0 Å². The third-order valence-corrected chi connectivity index (χ3v) is 7.34. The first-order chi connectivity index (χ1) is 19.3. The fraction of sp³-hybridized carbons (Fsp3) is 0.294. The molecule has 40 heavy (non-hydrogen) atoms. The second-order valence-corrected chi connectivity index (χ2v) is 10.2. The summed E-state index contributed by atoms with van der Waals surface area (Å²) in [5.41, 5.74) is 3.61. The number of aliphatic hydroxyl groups excluding tert-OH is 6. The van der Waals surface area contributed by atoms with Crippen LogP contribution in [0.4, 0.5) is 0 Å². The molecule has 0 heterocycles. The van der Waals surface area contributed by atoms with Gasteiger partial charge in [-0.3, -0.25) is 0 Å². The monoisotopic (exact) mass is 542 g/mol. The van der Waals surface area contributed by atoms with E-state index in [-0.39, 0.29) is 0 Å². The lowest BCUT2D eigenvalue weighted by atomic mass is 9.95. The third kappa shape index (κ3) is 6.21. The Morgan fingerprint density at radius 1 is 0.550 bits per heavy atom. The Hall–Kier alpha value is -3.68. The summed E-state index contributed by atoms with van der Waals surface area (Å²) in [5, 5.41) is 67.6. The molecule has 6 N–H and O–H groups in total. The van der Waals surface area contributed by atoms with Gasteiger partial charge in [0.1, 0.15) is 35.9 Å². The van der Waals surface area contributed by atoms with E-state index in [2.05, 4.69) is 26.0 Å². The highest BCUT2D eigenvalue weighted by Crippen LogP contribution is 2.28. The highest BCUT2D eigenvalue weighted by Gasteiger charge is 2.34. The minimum atomic E-state index is -1.98. The second kappa shape index (κ2) is 13.1. The molecule has 4 atom stereocenters. The Morgan fingerprint density at radius 3 is 1.27 bits per heavy atom. The van der Waals surface area contributed by atoms with Crippen LogP contribution in [0.2, 0.25) is 0 Å². The first-order valence-electron chi connectivity index (χ1n) is 13.8. The van der Waals surface area contributed by atoms with Crippen LogP contribution < -0.4 is 0 Å². The van der Waals surface area contributed by atoms with Gasteiger partial charge in [-0.25, -0.2) is 0 Å². The number of fused-ring (bicyclic) bond motifs is 2. The summed E-state index contributed by atoms with van der Waals surface area (Å²) >= 11 is 0. The van der Waals surface area contributed by atoms with Crippen molar-refractivity contribution in [2.45, 2.75) is 63.9 Å². The molecule has 4 rings (SSSR count). The number of rotatable bonds is 11. The molecule has 0 spiro atoms. The second-order valence-electron chi connectivity index (χ2n) is 10.2. The highest BCUT2D eigenvalue weighted by atomic mass is 16.4. The summed E-state index contributed by atoms with van der Waals surface area (Å²) in [7, 11) is 0. The van der Waals surface area contributed by atoms with Gasteiger partial charge >= 0.3 is 0 Å². The number of benzene rings is 4. The molecular weight excluding hydrogens is 504 g/mol. The molecule has 6 heteroatoms. The van der Waals surface area contributed by atoms with Gasteiger partial charge in [-0.1, -0.05) is 99.5 Å². The molecule has 4 aromatic rings. The van der Waals surface area contributed by atoms with E-state index in [9.17, 15) is 30.6 Å². The van der Waals surface area contributed by atoms with Crippen molar-refractivity contribution >= 4 is 33.7 Å². The third-order valence-electron chi connectivity index (χ3n) is 7.34. The van der Waals surface area contributed by atoms with E-state index in [4.69, 9.17) is 0 Å². The van der Waals surface area contributed by atoms with Crippen molar-refractivity contribution < 1.29 is 30.6 Å². The Bertz CT molecular complexity index is 1410. The van der Waals surface area contributed by atoms with Crippen LogP contribution in [0, 0.1) is 0 Å². The maximum atomic E-state index is 10.6. The summed E-state index contributed by atoms with van der Waals surface area (Å²) in [4.78, 5) is 0. The standard InChI is InChI=1S/C34H38O6/c1-3-9-21-11-5-17-27-23(13-7-15-25(21)27)19-29(35)31(37)33(39)34(40)32(38)30(36)20-24-14-8-16-26-22(10-4-2)12-6-18-28(24)26/h5-8,11-20,31-40H,3-4,9-10H2,1-2H3/t31-,32-,33-,34-/m1/s1. The van der Waals surface area contributed by atoms with Crippen LogP contribution in [0.25, 0.3) is 33.7 Å². The van der Waals surface area contributed by atoms with Crippen molar-refractivity contribution in [1.29, 1.82) is 0 Å². The summed E-state index contributed by atoms with van der Waals surface area (Å²) in [5.74, 6) is -1.15. The quantitative estimate of drug-likeness (QED) is 0.133. The molecule has 6 nitrogen and oxygen atoms in total. The average molecular weight is 543 g/mol. The van der Waals surface area contributed by atoms with E-state index in [0.29, 0.717) is 11.1 Å². The van der Waals surface area contributed by atoms with Crippen LogP contribution in [-0.4, -0.2) is 55.1 Å². The molecule has 0 saturated heterocycles. The summed E-state index contributed by atoms with van der Waals surface area (Å²) in [6.07, 6.45) is -1.31. The predicted molar refractivity (Wildman–Crippen MR) is 161 cm³/mol. The van der Waals surface area contributed by atoms with Gasteiger partial charge in [-0.05, 0) is 68.8 Å². The lowest BCUT2D eigenvalue weighted by molar-refractivity contribution is -0.0996. The molecule has 0 amide bonds. The SMILES string of the molecule is CCCc1cccc2c(C=C(O)[C@@H](O)[C@@H](O)[C@H](O)[C@H](O)C(O)=Cc3cccc4c(CCC)cccc34)cccc12. The maximum absolute atomic E-state index is 10.6. The van der Waals surface area contributed by atoms with Crippen molar-refractivity contribution in [3.05, 3.63) is 107 Å². The van der Waals surface area contributed by atoms with Crippen molar-refractivity contribution in [3.63, 3.8) is 0 Å². The molecule has 0 aliphatic carbocycles. The number of hydrogen-bond donors (Lipinski definition) is 6. The largest absolute Gasteiger partial charge is 0.509 e. The Kier molecular flexibility index (Phi) is 9.61. The molecular formula is C34H38O6. The molecule has 0 unspecified atom stereocenters. The first-order valence-corrected chi connectivity index (χ1v) is 13.8. The average Bonchev–Trinajstić information content (AvgIpc) is 2.96. The minimum absolute atomic E-state index is 0.576. The molecule has 0 radical (unpaired) electrons. The van der Waals surface area contributed by atoms with Gasteiger partial charge in [0, 0.05) is 0 Å². The van der Waals surface area contributed by atoms with Crippen molar-refractivity contribution in [2.75, 3.05) is 0 Å². The molecule has 210 valence electrons. The van der Waals surface area contributed by atoms with Gasteiger partial charge in [0.25, 0.3) is 0 Å². The fourth-order valence-electron chi connectivity index (χ4n) is 5.24. The van der Waals surface area contributed by atoms with E-state index in [1.165, 1.54) is 23.3 Å². The molecule has 0 saturated carbocycles. The zero-order valence-corrected chi connectivity index (χ0v) is 22.9. The van der Waals surface area contributed by atoms with Crippen molar-refractivity contribution in [1.82, 2.24) is 0 Å². The molecule has 0 bridgehead atoms. The van der Waals surface area contributed by atoms with Crippen molar-refractivity contribution in [3.8, 4) is 0 Å². The molecule has 0 aliphatic heterocycles. The number of aryl methyl sites for hydroxylation is 2. The van der Waals surface area contributed by atoms with Gasteiger partial charge < -0.3 is 30.6 Å². The Morgan fingerprint density at radius 2 is 0.900 bits per heavy atom. The van der Waals surface area contributed by atoms with E-state index >= 15 is 0 Å². The zero-order chi connectivity index (χ0) is 28.8. The minimum Gasteiger partial charge on any atom is -0.509 e. The number of aliphatic hydroxyl groups is 6. The highest BCUT2D eigenvalue weighted by molar-refractivity contribution is 5.94. The maximum Gasteiger partial charge on any atom is 0.139 e. The van der Waals surface area contributed by atoms with E-state index < -0.39 is 35.9 Å². The van der Waals surface area contributed by atoms with Crippen LogP contribution in [0.3, 0.4) is 0 Å². The van der Waals surface area contributed by atoms with E-state index in [1.54, 1.807) is 12.1 Å². The topological polar surface area (TPSA) is 121 Å². The lowest BCUT2D eigenvalue weighted by Crippen LogP contribution is -2.45. The predicted octanol–water partition coefficient (Wildman–Crippen LogP) is 5.84. The summed E-state index contributed by atoms with van der Waals surface area (Å²) in [6, 6.07) is 23.1. The Balaban J connectivity index is 1.56. The first kappa shape index (κ1) is 29.3. The van der Waals surface area contributed by atoms with Gasteiger partial charge in [0.15, 0.2) is 0 Å².